The van der Waals surface area contributed by atoms with Gasteiger partial charge in [-0.2, -0.15) is 10.4 Å². The molecule has 2 fully saturated rings. The summed E-state index contributed by atoms with van der Waals surface area (Å²) < 4.78 is 38.9. The summed E-state index contributed by atoms with van der Waals surface area (Å²) >= 11 is 0. The van der Waals surface area contributed by atoms with Crippen LogP contribution in [0.25, 0.3) is 5.52 Å². The van der Waals surface area contributed by atoms with E-state index in [0.717, 1.165) is 0 Å². The molecule has 0 spiro atoms. The second kappa shape index (κ2) is 6.21. The highest BCUT2D eigenvalue weighted by atomic mass is 32.2. The van der Waals surface area contributed by atoms with E-state index in [4.69, 9.17) is 18.8 Å². The molecule has 0 atom stereocenters. The summed E-state index contributed by atoms with van der Waals surface area (Å²) in [6.45, 7) is 8.28. The molecule has 1 N–H and O–H groups in total. The molecule has 0 radical (unpaired) electrons. The molecule has 4 rings (SSSR count). The van der Waals surface area contributed by atoms with Crippen molar-refractivity contribution in [3.05, 3.63) is 24.0 Å². The van der Waals surface area contributed by atoms with Crippen LogP contribution in [0.5, 0.6) is 5.75 Å². The van der Waals surface area contributed by atoms with Gasteiger partial charge in [0.15, 0.2) is 0 Å². The van der Waals surface area contributed by atoms with Gasteiger partial charge in [-0.15, -0.1) is 0 Å². The number of fused-ring (bicyclic) bond motifs is 1. The van der Waals surface area contributed by atoms with Gasteiger partial charge in [0.2, 0.25) is 0 Å². The Hall–Kier alpha value is -2.09. The maximum Gasteiger partial charge on any atom is 0.497 e. The van der Waals surface area contributed by atoms with E-state index in [2.05, 4.69) is 11.2 Å². The number of nitriles is 1. The molecule has 148 valence electrons. The van der Waals surface area contributed by atoms with Crippen LogP contribution in [0, 0.1) is 22.0 Å². The molecule has 0 bridgehead atoms. The number of hydrogen-bond acceptors (Lipinski definition) is 7. The first-order chi connectivity index (χ1) is 13.0. The van der Waals surface area contributed by atoms with Crippen molar-refractivity contribution in [2.24, 2.45) is 5.92 Å². The van der Waals surface area contributed by atoms with Crippen LogP contribution < -0.4 is 10.2 Å². The maximum absolute atomic E-state index is 11.6. The molecule has 0 aliphatic carbocycles. The van der Waals surface area contributed by atoms with Crippen LogP contribution >= 0.6 is 0 Å². The molecule has 28 heavy (non-hydrogen) atoms. The number of nitrogens with zero attached hydrogens (tertiary/aromatic N) is 3. The molecule has 0 amide bonds. The summed E-state index contributed by atoms with van der Waals surface area (Å²) in [7, 11) is -3.05. The second-order valence-corrected chi connectivity index (χ2v) is 10.8. The van der Waals surface area contributed by atoms with E-state index in [1.54, 1.807) is 10.7 Å². The molecule has 4 heterocycles. The van der Waals surface area contributed by atoms with E-state index >= 15 is 0 Å². The van der Waals surface area contributed by atoms with Crippen LogP contribution in [0.15, 0.2) is 18.5 Å². The highest BCUT2D eigenvalue weighted by Gasteiger charge is 2.52. The Morgan fingerprint density at radius 3 is 2.61 bits per heavy atom. The largest absolute Gasteiger partial charge is 0.497 e. The predicted octanol–water partition coefficient (Wildman–Crippen LogP) is 1.56. The van der Waals surface area contributed by atoms with E-state index in [0.29, 0.717) is 40.4 Å². The number of pyridine rings is 1. The van der Waals surface area contributed by atoms with E-state index in [1.807, 2.05) is 33.8 Å². The monoisotopic (exact) mass is 402 g/mol. The summed E-state index contributed by atoms with van der Waals surface area (Å²) in [4.78, 5) is 0. The molecular weight excluding hydrogens is 379 g/mol. The van der Waals surface area contributed by atoms with Gasteiger partial charge in [0.05, 0.1) is 41.3 Å². The molecule has 2 saturated heterocycles. The maximum atomic E-state index is 11.6. The van der Waals surface area contributed by atoms with Crippen molar-refractivity contribution in [1.29, 1.82) is 10.0 Å². The Balaban J connectivity index is 1.68. The van der Waals surface area contributed by atoms with Crippen molar-refractivity contribution in [2.45, 2.75) is 38.9 Å². The van der Waals surface area contributed by atoms with Gasteiger partial charge in [0.25, 0.3) is 0 Å². The summed E-state index contributed by atoms with van der Waals surface area (Å²) in [5.74, 6) is 1.43. The summed E-state index contributed by atoms with van der Waals surface area (Å²) in [6.07, 6.45) is 3.22. The lowest BCUT2D eigenvalue weighted by Crippen LogP contribution is -2.41. The molecule has 0 unspecified atom stereocenters. The van der Waals surface area contributed by atoms with Crippen LogP contribution in [0.4, 0.5) is 0 Å². The zero-order valence-electron chi connectivity index (χ0n) is 16.4. The minimum absolute atomic E-state index is 0.119. The number of aromatic nitrogens is 2. The van der Waals surface area contributed by atoms with Gasteiger partial charge in [0.1, 0.15) is 11.8 Å². The topological polar surface area (TPSA) is 110 Å². The number of hydrogen-bond donors (Lipinski definition) is 1. The van der Waals surface area contributed by atoms with E-state index in [-0.39, 0.29) is 5.92 Å². The molecule has 2 aliphatic heterocycles. The highest BCUT2D eigenvalue weighted by Crippen LogP contribution is 2.37. The summed E-state index contributed by atoms with van der Waals surface area (Å²) in [5, 5.41) is 13.7. The van der Waals surface area contributed by atoms with Crippen molar-refractivity contribution in [2.75, 3.05) is 18.1 Å². The minimum atomic E-state index is -2.39. The molecule has 2 aromatic rings. The van der Waals surface area contributed by atoms with Crippen LogP contribution in [0.1, 0.15) is 33.3 Å². The normalized spacial score (nSPS) is 28.1. The predicted molar refractivity (Wildman–Crippen MR) is 105 cm³/mol. The third-order valence-corrected chi connectivity index (χ3v) is 7.76. The molecule has 0 aromatic carbocycles. The number of ether oxygens (including phenoxy) is 1. The molecule has 8 nitrogen and oxygen atoms in total. The fraction of sp³-hybridized carbons (Fsp3) is 0.556. The number of rotatable bonds is 4. The lowest BCUT2D eigenvalue weighted by molar-refractivity contribution is 0.00578. The Labute approximate surface area is 164 Å². The average Bonchev–Trinajstić information content (AvgIpc) is 3.07. The van der Waals surface area contributed by atoms with E-state index in [1.165, 1.54) is 6.20 Å². The van der Waals surface area contributed by atoms with Gasteiger partial charge in [-0.3, -0.25) is 4.78 Å². The average molecular weight is 402 g/mol. The quantitative estimate of drug-likeness (QED) is 0.778. The molecule has 0 saturated carbocycles. The number of nitrogens with one attached hydrogen (secondary N) is 1. The zero-order chi connectivity index (χ0) is 20.3. The van der Waals surface area contributed by atoms with E-state index in [9.17, 15) is 9.47 Å². The lowest BCUT2D eigenvalue weighted by Gasteiger charge is -2.32. The SMILES string of the molecule is CC1(C)OB(c2cc(OCC3CS(=N)(=O)C3)cn3ncc(C#N)c23)OC1(C)C. The first-order valence-electron chi connectivity index (χ1n) is 9.15. The third-order valence-electron chi connectivity index (χ3n) is 5.74. The molecular formula is C18H23BN4O4S. The van der Waals surface area contributed by atoms with Crippen LogP contribution in [0.2, 0.25) is 0 Å². The van der Waals surface area contributed by atoms with Crippen LogP contribution in [-0.2, 0) is 19.0 Å². The fourth-order valence-corrected chi connectivity index (χ4v) is 5.08. The highest BCUT2D eigenvalue weighted by molar-refractivity contribution is 7.93. The first-order valence-corrected chi connectivity index (χ1v) is 11.0. The van der Waals surface area contributed by atoms with Crippen molar-refractivity contribution >= 4 is 27.8 Å². The zero-order valence-corrected chi connectivity index (χ0v) is 17.2. The lowest BCUT2D eigenvalue weighted by atomic mass is 9.78. The van der Waals surface area contributed by atoms with Gasteiger partial charge in [-0.1, -0.05) is 0 Å². The van der Waals surface area contributed by atoms with Gasteiger partial charge < -0.3 is 14.0 Å². The van der Waals surface area contributed by atoms with Gasteiger partial charge in [0, 0.05) is 32.6 Å². The van der Waals surface area contributed by atoms with Gasteiger partial charge in [-0.05, 0) is 33.8 Å². The third kappa shape index (κ3) is 3.17. The van der Waals surface area contributed by atoms with Gasteiger partial charge in [-0.25, -0.2) is 8.72 Å². The smallest absolute Gasteiger partial charge is 0.492 e. The van der Waals surface area contributed by atoms with Crippen LogP contribution in [-0.4, -0.2) is 50.3 Å². The van der Waals surface area contributed by atoms with Crippen molar-refractivity contribution < 1.29 is 18.3 Å². The fourth-order valence-electron chi connectivity index (χ4n) is 3.46. The Bertz CT molecular complexity index is 1060. The second-order valence-electron chi connectivity index (χ2n) is 8.50. The Morgan fingerprint density at radius 1 is 1.39 bits per heavy atom. The van der Waals surface area contributed by atoms with Crippen molar-refractivity contribution in [1.82, 2.24) is 9.61 Å². The molecule has 10 heteroatoms. The van der Waals surface area contributed by atoms with E-state index < -0.39 is 28.0 Å². The first kappa shape index (κ1) is 19.2. The van der Waals surface area contributed by atoms with Crippen molar-refractivity contribution in [3.63, 3.8) is 0 Å². The molecule has 2 aliphatic rings. The van der Waals surface area contributed by atoms with Gasteiger partial charge >= 0.3 is 7.12 Å². The summed E-state index contributed by atoms with van der Waals surface area (Å²) in [6, 6.07) is 3.98. The van der Waals surface area contributed by atoms with Crippen LogP contribution in [0.3, 0.4) is 0 Å². The van der Waals surface area contributed by atoms with Crippen molar-refractivity contribution in [3.8, 4) is 11.8 Å². The molecule has 2 aromatic heterocycles. The standard InChI is InChI=1S/C18H23BN4O4S/c1-17(2)18(3,4)27-19(26-17)15-5-14(25-9-12-10-28(21,24)11-12)8-23-16(15)13(6-20)7-22-23/h5,7-8,12,21H,9-11H2,1-4H3. The minimum Gasteiger partial charge on any atom is -0.492 e. The Kier molecular flexibility index (Phi) is 4.27. The summed E-state index contributed by atoms with van der Waals surface area (Å²) in [5.41, 5.74) is 0.718. The Morgan fingerprint density at radius 2 is 2.04 bits per heavy atom.